The van der Waals surface area contributed by atoms with Crippen molar-refractivity contribution >= 4 is 11.8 Å². The number of hydrogen-bond acceptors (Lipinski definition) is 3. The van der Waals surface area contributed by atoms with E-state index in [1.807, 2.05) is 60.2 Å². The van der Waals surface area contributed by atoms with E-state index in [9.17, 15) is 9.59 Å². The average Bonchev–Trinajstić information content (AvgIpc) is 3.13. The lowest BCUT2D eigenvalue weighted by Crippen LogP contribution is -2.50. The van der Waals surface area contributed by atoms with Crippen LogP contribution in [0.15, 0.2) is 42.7 Å². The van der Waals surface area contributed by atoms with Gasteiger partial charge in [-0.1, -0.05) is 23.8 Å². The Bertz CT molecular complexity index is 896. The van der Waals surface area contributed by atoms with Crippen LogP contribution in [-0.4, -0.2) is 46.2 Å². The number of amides is 2. The molecule has 2 saturated heterocycles. The highest BCUT2D eigenvalue weighted by Crippen LogP contribution is 2.41. The van der Waals surface area contributed by atoms with Crippen LogP contribution < -0.4 is 0 Å². The Morgan fingerprint density at radius 1 is 1.18 bits per heavy atom. The van der Waals surface area contributed by atoms with E-state index >= 15 is 0 Å². The van der Waals surface area contributed by atoms with Gasteiger partial charge in [-0.05, 0) is 56.4 Å². The van der Waals surface area contributed by atoms with E-state index in [-0.39, 0.29) is 11.8 Å². The maximum absolute atomic E-state index is 13.3. The van der Waals surface area contributed by atoms with E-state index in [2.05, 4.69) is 4.98 Å². The monoisotopic (exact) mass is 377 g/mol. The summed E-state index contributed by atoms with van der Waals surface area (Å²) in [5.74, 6) is 0.245. The molecule has 2 aromatic rings. The summed E-state index contributed by atoms with van der Waals surface area (Å²) >= 11 is 0. The van der Waals surface area contributed by atoms with Crippen LogP contribution >= 0.6 is 0 Å². The Kier molecular flexibility index (Phi) is 4.92. The summed E-state index contributed by atoms with van der Waals surface area (Å²) in [5.41, 5.74) is 3.46. The summed E-state index contributed by atoms with van der Waals surface area (Å²) < 4.78 is 0. The fraction of sp³-hybridized carbons (Fsp3) is 0.435. The van der Waals surface area contributed by atoms with Crippen LogP contribution in [0.5, 0.6) is 0 Å². The third-order valence-corrected chi connectivity index (χ3v) is 6.18. The standard InChI is InChI=1S/C23H27N3O2/c1-17-6-7-18(2)20(13-17)21(27)26-12-9-23(16-26)8-4-11-25(22(23)28)15-19-5-3-10-24-14-19/h3,5-7,10,13-14H,4,8-9,11-12,15-16H2,1-2H3. The highest BCUT2D eigenvalue weighted by molar-refractivity contribution is 5.97. The first-order valence-corrected chi connectivity index (χ1v) is 10.0. The third kappa shape index (κ3) is 3.41. The lowest BCUT2D eigenvalue weighted by Gasteiger charge is -2.39. The summed E-state index contributed by atoms with van der Waals surface area (Å²) in [6, 6.07) is 9.89. The minimum Gasteiger partial charge on any atom is -0.338 e. The largest absolute Gasteiger partial charge is 0.338 e. The number of aromatic nitrogens is 1. The van der Waals surface area contributed by atoms with Crippen LogP contribution in [0, 0.1) is 19.3 Å². The second-order valence-electron chi connectivity index (χ2n) is 8.27. The normalized spacial score (nSPS) is 22.1. The van der Waals surface area contributed by atoms with Crippen molar-refractivity contribution in [3.63, 3.8) is 0 Å². The molecule has 1 aromatic carbocycles. The van der Waals surface area contributed by atoms with Crippen LogP contribution in [0.3, 0.4) is 0 Å². The van der Waals surface area contributed by atoms with Crippen LogP contribution in [0.4, 0.5) is 0 Å². The number of piperidine rings is 1. The number of pyridine rings is 1. The molecule has 1 spiro atoms. The second kappa shape index (κ2) is 7.38. The van der Waals surface area contributed by atoms with E-state index in [1.54, 1.807) is 6.20 Å². The van der Waals surface area contributed by atoms with Gasteiger partial charge in [0, 0.05) is 44.1 Å². The minimum atomic E-state index is -0.423. The number of aryl methyl sites for hydroxylation is 2. The van der Waals surface area contributed by atoms with Crippen LogP contribution in [0.25, 0.3) is 0 Å². The van der Waals surface area contributed by atoms with E-state index in [1.165, 1.54) is 0 Å². The van der Waals surface area contributed by atoms with Gasteiger partial charge >= 0.3 is 0 Å². The maximum Gasteiger partial charge on any atom is 0.254 e. The van der Waals surface area contributed by atoms with Gasteiger partial charge < -0.3 is 9.80 Å². The van der Waals surface area contributed by atoms with Gasteiger partial charge in [-0.15, -0.1) is 0 Å². The van der Waals surface area contributed by atoms with Crippen LogP contribution in [0.1, 0.15) is 46.3 Å². The van der Waals surface area contributed by atoms with E-state index in [0.717, 1.165) is 48.1 Å². The molecular formula is C23H27N3O2. The third-order valence-electron chi connectivity index (χ3n) is 6.18. The number of likely N-dealkylation sites (tertiary alicyclic amines) is 2. The lowest BCUT2D eigenvalue weighted by molar-refractivity contribution is -0.146. The second-order valence-corrected chi connectivity index (χ2v) is 8.27. The van der Waals surface area contributed by atoms with E-state index < -0.39 is 5.41 Å². The van der Waals surface area contributed by atoms with Crippen molar-refractivity contribution in [1.82, 2.24) is 14.8 Å². The Morgan fingerprint density at radius 2 is 2.04 bits per heavy atom. The topological polar surface area (TPSA) is 53.5 Å². The number of benzene rings is 1. The van der Waals surface area contributed by atoms with Crippen LogP contribution in [0.2, 0.25) is 0 Å². The molecule has 0 aliphatic carbocycles. The molecule has 5 heteroatoms. The first-order chi connectivity index (χ1) is 13.5. The SMILES string of the molecule is Cc1ccc(C)c(C(=O)N2CCC3(CCCN(Cc4cccnc4)C3=O)C2)c1. The Balaban J connectivity index is 1.50. The van der Waals surface area contributed by atoms with Crippen molar-refractivity contribution in [2.24, 2.45) is 5.41 Å². The number of carbonyl (C=O) groups excluding carboxylic acids is 2. The molecule has 2 amide bonds. The van der Waals surface area contributed by atoms with Gasteiger partial charge in [-0.2, -0.15) is 0 Å². The van der Waals surface area contributed by atoms with Crippen molar-refractivity contribution < 1.29 is 9.59 Å². The zero-order valence-corrected chi connectivity index (χ0v) is 16.6. The quantitative estimate of drug-likeness (QED) is 0.824. The fourth-order valence-corrected chi connectivity index (χ4v) is 4.58. The molecule has 2 aliphatic heterocycles. The highest BCUT2D eigenvalue weighted by Gasteiger charge is 2.49. The number of nitrogens with zero attached hydrogens (tertiary/aromatic N) is 3. The van der Waals surface area contributed by atoms with Gasteiger partial charge in [0.25, 0.3) is 5.91 Å². The summed E-state index contributed by atoms with van der Waals surface area (Å²) in [6.45, 7) is 6.53. The number of rotatable bonds is 3. The molecule has 0 N–H and O–H groups in total. The first-order valence-electron chi connectivity index (χ1n) is 10.0. The van der Waals surface area contributed by atoms with Crippen molar-refractivity contribution in [1.29, 1.82) is 0 Å². The van der Waals surface area contributed by atoms with E-state index in [4.69, 9.17) is 0 Å². The molecule has 2 fully saturated rings. The predicted octanol–water partition coefficient (Wildman–Crippen LogP) is 3.35. The lowest BCUT2D eigenvalue weighted by atomic mass is 9.78. The fourth-order valence-electron chi connectivity index (χ4n) is 4.58. The zero-order valence-electron chi connectivity index (χ0n) is 16.6. The van der Waals surface area contributed by atoms with Gasteiger partial charge in [0.15, 0.2) is 0 Å². The van der Waals surface area contributed by atoms with Gasteiger partial charge in [0.2, 0.25) is 5.91 Å². The van der Waals surface area contributed by atoms with Crippen molar-refractivity contribution in [2.45, 2.75) is 39.7 Å². The molecule has 1 atom stereocenters. The Hall–Kier alpha value is -2.69. The molecule has 1 unspecified atom stereocenters. The number of carbonyl (C=O) groups is 2. The van der Waals surface area contributed by atoms with Gasteiger partial charge in [-0.3, -0.25) is 14.6 Å². The zero-order chi connectivity index (χ0) is 19.7. The highest BCUT2D eigenvalue weighted by atomic mass is 16.2. The summed E-state index contributed by atoms with van der Waals surface area (Å²) in [4.78, 5) is 34.5. The van der Waals surface area contributed by atoms with Gasteiger partial charge in [0.05, 0.1) is 5.41 Å². The molecule has 3 heterocycles. The molecule has 4 rings (SSSR count). The first kappa shape index (κ1) is 18.7. The van der Waals surface area contributed by atoms with Gasteiger partial charge in [-0.25, -0.2) is 0 Å². The predicted molar refractivity (Wildman–Crippen MR) is 108 cm³/mol. The summed E-state index contributed by atoms with van der Waals surface area (Å²) in [7, 11) is 0. The molecular weight excluding hydrogens is 350 g/mol. The molecule has 1 aromatic heterocycles. The minimum absolute atomic E-state index is 0.0512. The maximum atomic E-state index is 13.3. The van der Waals surface area contributed by atoms with Crippen LogP contribution in [-0.2, 0) is 11.3 Å². The molecule has 0 saturated carbocycles. The molecule has 0 radical (unpaired) electrons. The molecule has 0 bridgehead atoms. The molecule has 28 heavy (non-hydrogen) atoms. The van der Waals surface area contributed by atoms with Crippen molar-refractivity contribution in [2.75, 3.05) is 19.6 Å². The molecule has 2 aliphatic rings. The summed E-state index contributed by atoms with van der Waals surface area (Å²) in [6.07, 6.45) is 6.17. The van der Waals surface area contributed by atoms with Gasteiger partial charge in [0.1, 0.15) is 0 Å². The Labute approximate surface area is 166 Å². The molecule has 5 nitrogen and oxygen atoms in total. The average molecular weight is 377 g/mol. The smallest absolute Gasteiger partial charge is 0.254 e. The Morgan fingerprint density at radius 3 is 2.82 bits per heavy atom. The summed E-state index contributed by atoms with van der Waals surface area (Å²) in [5, 5.41) is 0. The molecule has 146 valence electrons. The van der Waals surface area contributed by atoms with Crippen molar-refractivity contribution in [3.8, 4) is 0 Å². The number of hydrogen-bond donors (Lipinski definition) is 0. The van der Waals surface area contributed by atoms with E-state index in [0.29, 0.717) is 19.6 Å². The van der Waals surface area contributed by atoms with Crippen molar-refractivity contribution in [3.05, 3.63) is 65.0 Å².